The van der Waals surface area contributed by atoms with E-state index in [-0.39, 0.29) is 5.78 Å². The normalized spacial score (nSPS) is 10.5. The van der Waals surface area contributed by atoms with Crippen molar-refractivity contribution in [3.63, 3.8) is 0 Å². The summed E-state index contributed by atoms with van der Waals surface area (Å²) in [4.78, 5) is 11.6. The molecule has 15 heavy (non-hydrogen) atoms. The fraction of sp³-hybridized carbons (Fsp3) is 0.636. The monoisotopic (exact) mass is 209 g/mol. The number of aromatic nitrogens is 2. The molecule has 0 fully saturated rings. The van der Waals surface area contributed by atoms with E-state index in [2.05, 4.69) is 24.3 Å². The number of hydrogen-bond donors (Lipinski definition) is 1. The lowest BCUT2D eigenvalue weighted by molar-refractivity contribution is 0.0991. The summed E-state index contributed by atoms with van der Waals surface area (Å²) in [5.41, 5.74) is 0.701. The summed E-state index contributed by atoms with van der Waals surface area (Å²) in [5.74, 6) is 0.116. The van der Waals surface area contributed by atoms with Crippen LogP contribution >= 0.6 is 0 Å². The van der Waals surface area contributed by atoms with Crippen LogP contribution in [-0.2, 0) is 6.54 Å². The van der Waals surface area contributed by atoms with E-state index >= 15 is 0 Å². The molecule has 4 nitrogen and oxygen atoms in total. The van der Waals surface area contributed by atoms with Crippen LogP contribution in [0.25, 0.3) is 0 Å². The molecule has 1 N–H and O–H groups in total. The minimum Gasteiger partial charge on any atom is -0.310 e. The molecule has 0 radical (unpaired) electrons. The van der Waals surface area contributed by atoms with Crippen LogP contribution in [0.5, 0.6) is 0 Å². The first-order valence-corrected chi connectivity index (χ1v) is 5.54. The van der Waals surface area contributed by atoms with E-state index in [1.165, 1.54) is 0 Å². The lowest BCUT2D eigenvalue weighted by Crippen LogP contribution is -2.23. The number of nitrogens with one attached hydrogen (secondary N) is 1. The van der Waals surface area contributed by atoms with Gasteiger partial charge in [-0.15, -0.1) is 0 Å². The minimum absolute atomic E-state index is 0.116. The van der Waals surface area contributed by atoms with E-state index in [0.29, 0.717) is 12.1 Å². The second-order valence-electron chi connectivity index (χ2n) is 3.59. The molecule has 0 aliphatic carbocycles. The van der Waals surface area contributed by atoms with Crippen molar-refractivity contribution in [2.75, 3.05) is 13.1 Å². The van der Waals surface area contributed by atoms with E-state index in [1.807, 2.05) is 10.9 Å². The molecule has 1 aromatic heterocycles. The third-order valence-electron chi connectivity index (χ3n) is 2.12. The molecule has 4 heteroatoms. The molecule has 1 rings (SSSR count). The summed E-state index contributed by atoms with van der Waals surface area (Å²) in [6.07, 6.45) is 5.54. The summed E-state index contributed by atoms with van der Waals surface area (Å²) in [6, 6.07) is 0. The lowest BCUT2D eigenvalue weighted by Gasteiger charge is -1.99. The maximum absolute atomic E-state index is 11.6. The Labute approximate surface area is 90.7 Å². The molecule has 0 saturated carbocycles. The Morgan fingerprint density at radius 3 is 2.93 bits per heavy atom. The van der Waals surface area contributed by atoms with Gasteiger partial charge in [-0.05, 0) is 19.4 Å². The lowest BCUT2D eigenvalue weighted by atomic mass is 10.2. The molecule has 0 atom stereocenters. The first-order chi connectivity index (χ1) is 7.27. The zero-order valence-corrected chi connectivity index (χ0v) is 9.49. The van der Waals surface area contributed by atoms with Crippen LogP contribution in [0.4, 0.5) is 0 Å². The molecule has 1 heterocycles. The average Bonchev–Trinajstić information content (AvgIpc) is 2.67. The highest BCUT2D eigenvalue weighted by Crippen LogP contribution is 1.99. The van der Waals surface area contributed by atoms with Crippen LogP contribution in [0.15, 0.2) is 12.4 Å². The van der Waals surface area contributed by atoms with Gasteiger partial charge in [0, 0.05) is 12.7 Å². The van der Waals surface area contributed by atoms with Gasteiger partial charge in [0.25, 0.3) is 0 Å². The van der Waals surface area contributed by atoms with Crippen molar-refractivity contribution in [3.8, 4) is 0 Å². The van der Waals surface area contributed by atoms with Crippen LogP contribution in [0.3, 0.4) is 0 Å². The predicted octanol–water partition coefficient (Wildman–Crippen LogP) is 1.48. The van der Waals surface area contributed by atoms with Crippen LogP contribution in [0.2, 0.25) is 0 Å². The molecule has 0 unspecified atom stereocenters. The topological polar surface area (TPSA) is 46.9 Å². The molecular formula is C11H19N3O. The molecule has 0 saturated heterocycles. The molecule has 0 aliphatic rings. The predicted molar refractivity (Wildman–Crippen MR) is 60.0 cm³/mol. The van der Waals surface area contributed by atoms with Gasteiger partial charge in [-0.1, -0.05) is 13.8 Å². The number of rotatable bonds is 7. The molecule has 84 valence electrons. The van der Waals surface area contributed by atoms with Gasteiger partial charge in [0.2, 0.25) is 0 Å². The van der Waals surface area contributed by atoms with E-state index in [0.717, 1.165) is 25.9 Å². The number of Topliss-reactive ketones (excluding diaryl/α,β-unsaturated/α-hetero) is 1. The Bertz CT molecular complexity index is 307. The Balaban J connectivity index is 2.43. The van der Waals surface area contributed by atoms with Gasteiger partial charge in [0.05, 0.1) is 18.3 Å². The Kier molecular flexibility index (Phi) is 5.04. The van der Waals surface area contributed by atoms with E-state index in [4.69, 9.17) is 0 Å². The van der Waals surface area contributed by atoms with E-state index < -0.39 is 0 Å². The highest BCUT2D eigenvalue weighted by molar-refractivity contribution is 5.97. The second-order valence-corrected chi connectivity index (χ2v) is 3.59. The van der Waals surface area contributed by atoms with Crippen LogP contribution in [0, 0.1) is 0 Å². The van der Waals surface area contributed by atoms with Crippen molar-refractivity contribution in [2.24, 2.45) is 0 Å². The maximum atomic E-state index is 11.6. The molecular weight excluding hydrogens is 190 g/mol. The minimum atomic E-state index is 0.116. The second kappa shape index (κ2) is 6.35. The van der Waals surface area contributed by atoms with Crippen molar-refractivity contribution in [2.45, 2.75) is 33.2 Å². The van der Waals surface area contributed by atoms with Crippen molar-refractivity contribution >= 4 is 5.78 Å². The van der Waals surface area contributed by atoms with Gasteiger partial charge >= 0.3 is 0 Å². The standard InChI is InChI=1S/C11H19N3O/c1-3-5-12-8-11(15)10-7-13-14(9-10)6-4-2/h7,9,12H,3-6,8H2,1-2H3. The number of carbonyl (C=O) groups excluding carboxylic acids is 1. The van der Waals surface area contributed by atoms with Gasteiger partial charge < -0.3 is 5.32 Å². The summed E-state index contributed by atoms with van der Waals surface area (Å²) in [6.45, 7) is 6.33. The summed E-state index contributed by atoms with van der Waals surface area (Å²) < 4.78 is 1.81. The summed E-state index contributed by atoms with van der Waals surface area (Å²) >= 11 is 0. The Morgan fingerprint density at radius 2 is 2.27 bits per heavy atom. The third-order valence-corrected chi connectivity index (χ3v) is 2.12. The summed E-state index contributed by atoms with van der Waals surface area (Å²) in [7, 11) is 0. The molecule has 0 spiro atoms. The van der Waals surface area contributed by atoms with Crippen LogP contribution < -0.4 is 5.32 Å². The van der Waals surface area contributed by atoms with Gasteiger partial charge in [-0.2, -0.15) is 5.10 Å². The van der Waals surface area contributed by atoms with E-state index in [9.17, 15) is 4.79 Å². The smallest absolute Gasteiger partial charge is 0.179 e. The molecule has 1 aromatic rings. The number of nitrogens with zero attached hydrogens (tertiary/aromatic N) is 2. The number of carbonyl (C=O) groups is 1. The number of aryl methyl sites for hydroxylation is 1. The van der Waals surface area contributed by atoms with Gasteiger partial charge in [-0.25, -0.2) is 0 Å². The molecule has 0 amide bonds. The SMILES string of the molecule is CCCNCC(=O)c1cnn(CCC)c1. The zero-order chi connectivity index (χ0) is 11.1. The van der Waals surface area contributed by atoms with E-state index in [1.54, 1.807) is 6.20 Å². The van der Waals surface area contributed by atoms with Gasteiger partial charge in [0.15, 0.2) is 5.78 Å². The number of hydrogen-bond acceptors (Lipinski definition) is 3. The number of ketones is 1. The van der Waals surface area contributed by atoms with Crippen molar-refractivity contribution < 1.29 is 4.79 Å². The van der Waals surface area contributed by atoms with Crippen molar-refractivity contribution in [1.29, 1.82) is 0 Å². The molecule has 0 bridgehead atoms. The van der Waals surface area contributed by atoms with Crippen molar-refractivity contribution in [3.05, 3.63) is 18.0 Å². The fourth-order valence-corrected chi connectivity index (χ4v) is 1.34. The van der Waals surface area contributed by atoms with Crippen molar-refractivity contribution in [1.82, 2.24) is 15.1 Å². The summed E-state index contributed by atoms with van der Waals surface area (Å²) in [5, 5.41) is 7.21. The quantitative estimate of drug-likeness (QED) is 0.546. The third kappa shape index (κ3) is 3.83. The Morgan fingerprint density at radius 1 is 1.47 bits per heavy atom. The first-order valence-electron chi connectivity index (χ1n) is 5.54. The average molecular weight is 209 g/mol. The van der Waals surface area contributed by atoms with Gasteiger partial charge in [-0.3, -0.25) is 9.48 Å². The largest absolute Gasteiger partial charge is 0.310 e. The van der Waals surface area contributed by atoms with Crippen LogP contribution in [0.1, 0.15) is 37.0 Å². The maximum Gasteiger partial charge on any atom is 0.179 e. The molecule has 0 aromatic carbocycles. The zero-order valence-electron chi connectivity index (χ0n) is 9.49. The fourth-order valence-electron chi connectivity index (χ4n) is 1.34. The highest BCUT2D eigenvalue weighted by atomic mass is 16.1. The molecule has 0 aliphatic heterocycles. The first kappa shape index (κ1) is 11.9. The van der Waals surface area contributed by atoms with Gasteiger partial charge in [0.1, 0.15) is 0 Å². The highest BCUT2D eigenvalue weighted by Gasteiger charge is 2.07. The Hall–Kier alpha value is -1.16. The van der Waals surface area contributed by atoms with Crippen LogP contribution in [-0.4, -0.2) is 28.7 Å².